The summed E-state index contributed by atoms with van der Waals surface area (Å²) in [5.41, 5.74) is 1.50. The predicted octanol–water partition coefficient (Wildman–Crippen LogP) is 4.92. The largest absolute Gasteiger partial charge is 0.349 e. The van der Waals surface area contributed by atoms with E-state index in [4.69, 9.17) is 0 Å². The summed E-state index contributed by atoms with van der Waals surface area (Å²) in [6, 6.07) is 17.4. The van der Waals surface area contributed by atoms with Gasteiger partial charge in [-0.1, -0.05) is 83.1 Å². The molecule has 0 fully saturated rings. The van der Waals surface area contributed by atoms with Crippen LogP contribution in [0.1, 0.15) is 64.8 Å². The van der Waals surface area contributed by atoms with E-state index < -0.39 is 16.4 Å². The Hall–Kier alpha value is -1.98. The summed E-state index contributed by atoms with van der Waals surface area (Å²) >= 11 is 0. The van der Waals surface area contributed by atoms with Gasteiger partial charge in [0.15, 0.2) is 0 Å². The lowest BCUT2D eigenvalue weighted by molar-refractivity contribution is -0.129. The van der Waals surface area contributed by atoms with Gasteiger partial charge in [0.25, 0.3) is 0 Å². The summed E-state index contributed by atoms with van der Waals surface area (Å²) in [5.74, 6) is 0.245. The van der Waals surface area contributed by atoms with Crippen LogP contribution < -0.4 is 10.0 Å². The van der Waals surface area contributed by atoms with Crippen molar-refractivity contribution in [2.45, 2.75) is 58.5 Å². The molecule has 2 aromatic carbocycles. The first kappa shape index (κ1) is 22.3. The number of benzene rings is 2. The van der Waals surface area contributed by atoms with Gasteiger partial charge in [0.2, 0.25) is 5.91 Å². The van der Waals surface area contributed by atoms with E-state index in [0.29, 0.717) is 4.90 Å². The highest BCUT2D eigenvalue weighted by Gasteiger charge is 2.25. The second-order valence-corrected chi connectivity index (χ2v) is 9.71. The molecule has 0 aromatic heterocycles. The van der Waals surface area contributed by atoms with Crippen molar-refractivity contribution in [1.29, 1.82) is 0 Å². The molecule has 2 rings (SSSR count). The molecule has 152 valence electrons. The molecule has 0 aliphatic heterocycles. The van der Waals surface area contributed by atoms with Crippen molar-refractivity contribution < 1.29 is 9.00 Å². The number of amides is 1. The minimum Gasteiger partial charge on any atom is -0.349 e. The molecule has 2 N–H and O–H groups in total. The van der Waals surface area contributed by atoms with Gasteiger partial charge in [-0.25, -0.2) is 8.93 Å². The fraction of sp³-hybridized carbons (Fsp3) is 0.435. The van der Waals surface area contributed by atoms with Gasteiger partial charge < -0.3 is 5.32 Å². The summed E-state index contributed by atoms with van der Waals surface area (Å²) in [7, 11) is -1.40. The number of carbonyl (C=O) groups is 1. The first-order valence-electron chi connectivity index (χ1n) is 9.74. The Balaban J connectivity index is 2.25. The summed E-state index contributed by atoms with van der Waals surface area (Å²) in [6.07, 6.45) is 0. The minimum absolute atomic E-state index is 0.0297. The van der Waals surface area contributed by atoms with Crippen LogP contribution in [0.25, 0.3) is 0 Å². The molecule has 0 bridgehead atoms. The molecule has 0 spiro atoms. The van der Waals surface area contributed by atoms with Crippen LogP contribution in [0.15, 0.2) is 59.5 Å². The van der Waals surface area contributed by atoms with Crippen LogP contribution in [0, 0.1) is 11.3 Å². The summed E-state index contributed by atoms with van der Waals surface area (Å²) in [5, 5.41) is 3.04. The van der Waals surface area contributed by atoms with Gasteiger partial charge in [-0.2, -0.15) is 0 Å². The third kappa shape index (κ3) is 5.76. The molecular weight excluding hydrogens is 368 g/mol. The Labute approximate surface area is 171 Å². The fourth-order valence-corrected chi connectivity index (χ4v) is 4.35. The molecule has 0 aliphatic carbocycles. The topological polar surface area (TPSA) is 58.2 Å². The van der Waals surface area contributed by atoms with E-state index in [0.717, 1.165) is 11.1 Å². The second kappa shape index (κ2) is 9.48. The third-order valence-electron chi connectivity index (χ3n) is 4.67. The van der Waals surface area contributed by atoms with Gasteiger partial charge in [-0.15, -0.1) is 0 Å². The highest BCUT2D eigenvalue weighted by atomic mass is 32.2. The maximum atomic E-state index is 13.2. The quantitative estimate of drug-likeness (QED) is 0.693. The Morgan fingerprint density at radius 2 is 1.50 bits per heavy atom. The van der Waals surface area contributed by atoms with Crippen LogP contribution in [0.4, 0.5) is 0 Å². The molecule has 0 saturated carbocycles. The smallest absolute Gasteiger partial charge is 0.225 e. The van der Waals surface area contributed by atoms with Crippen LogP contribution >= 0.6 is 0 Å². The predicted molar refractivity (Wildman–Crippen MR) is 116 cm³/mol. The molecule has 1 amide bonds. The molecule has 5 heteroatoms. The first-order chi connectivity index (χ1) is 13.1. The van der Waals surface area contributed by atoms with Crippen LogP contribution in [-0.2, 0) is 15.8 Å². The van der Waals surface area contributed by atoms with Crippen molar-refractivity contribution in [2.75, 3.05) is 0 Å². The molecule has 0 radical (unpaired) electrons. The fourth-order valence-electron chi connectivity index (χ4n) is 2.93. The summed E-state index contributed by atoms with van der Waals surface area (Å²) in [6.45, 7) is 11.8. The SMILES string of the molecule is CC(C)[C@H](NS(=O)c1ccccc1[C@@H](C)NC(=O)C(C)(C)C)c1ccccc1. The van der Waals surface area contributed by atoms with Crippen LogP contribution in [0.2, 0.25) is 0 Å². The molecule has 3 atom stereocenters. The Kier molecular flexibility index (Phi) is 7.55. The van der Waals surface area contributed by atoms with E-state index in [1.807, 2.05) is 82.3 Å². The van der Waals surface area contributed by atoms with E-state index >= 15 is 0 Å². The summed E-state index contributed by atoms with van der Waals surface area (Å²) in [4.78, 5) is 13.1. The van der Waals surface area contributed by atoms with Crippen molar-refractivity contribution in [3.05, 3.63) is 65.7 Å². The van der Waals surface area contributed by atoms with Gasteiger partial charge in [-0.3, -0.25) is 4.79 Å². The van der Waals surface area contributed by atoms with E-state index in [9.17, 15) is 9.00 Å². The monoisotopic (exact) mass is 400 g/mol. The van der Waals surface area contributed by atoms with Crippen molar-refractivity contribution in [3.8, 4) is 0 Å². The zero-order valence-corrected chi connectivity index (χ0v) is 18.5. The molecule has 0 saturated heterocycles. The lowest BCUT2D eigenvalue weighted by Crippen LogP contribution is -2.37. The van der Waals surface area contributed by atoms with Crippen molar-refractivity contribution in [3.63, 3.8) is 0 Å². The average molecular weight is 401 g/mol. The van der Waals surface area contributed by atoms with Gasteiger partial charge in [0, 0.05) is 11.5 Å². The zero-order valence-electron chi connectivity index (χ0n) is 17.7. The maximum Gasteiger partial charge on any atom is 0.225 e. The van der Waals surface area contributed by atoms with Crippen molar-refractivity contribution in [2.24, 2.45) is 11.3 Å². The number of hydrogen-bond acceptors (Lipinski definition) is 2. The Morgan fingerprint density at radius 1 is 0.929 bits per heavy atom. The van der Waals surface area contributed by atoms with Crippen LogP contribution in [-0.4, -0.2) is 10.1 Å². The van der Waals surface area contributed by atoms with Gasteiger partial charge in [0.05, 0.1) is 10.9 Å². The van der Waals surface area contributed by atoms with Gasteiger partial charge in [-0.05, 0) is 30.0 Å². The van der Waals surface area contributed by atoms with Gasteiger partial charge >= 0.3 is 0 Å². The van der Waals surface area contributed by atoms with Crippen molar-refractivity contribution >= 4 is 16.9 Å². The molecule has 2 aromatic rings. The highest BCUT2D eigenvalue weighted by molar-refractivity contribution is 7.83. The van der Waals surface area contributed by atoms with E-state index in [2.05, 4.69) is 23.9 Å². The lowest BCUT2D eigenvalue weighted by atomic mass is 9.94. The average Bonchev–Trinajstić information content (AvgIpc) is 2.65. The lowest BCUT2D eigenvalue weighted by Gasteiger charge is -2.25. The molecular formula is C23H32N2O2S. The third-order valence-corrected chi connectivity index (χ3v) is 5.91. The van der Waals surface area contributed by atoms with Crippen molar-refractivity contribution in [1.82, 2.24) is 10.0 Å². The normalized spacial score (nSPS) is 15.1. The molecule has 1 unspecified atom stereocenters. The summed E-state index contributed by atoms with van der Waals surface area (Å²) < 4.78 is 16.5. The van der Waals surface area contributed by atoms with Gasteiger partial charge in [0.1, 0.15) is 11.0 Å². The zero-order chi connectivity index (χ0) is 20.9. The second-order valence-electron chi connectivity index (χ2n) is 8.50. The molecule has 4 nitrogen and oxygen atoms in total. The number of rotatable bonds is 7. The Bertz CT molecular complexity index is 813. The number of carbonyl (C=O) groups excluding carboxylic acids is 1. The number of hydrogen-bond donors (Lipinski definition) is 2. The first-order valence-corrected chi connectivity index (χ1v) is 10.9. The highest BCUT2D eigenvalue weighted by Crippen LogP contribution is 2.26. The van der Waals surface area contributed by atoms with E-state index in [-0.39, 0.29) is 23.9 Å². The molecule has 28 heavy (non-hydrogen) atoms. The van der Waals surface area contributed by atoms with Crippen LogP contribution in [0.5, 0.6) is 0 Å². The Morgan fingerprint density at radius 3 is 2.07 bits per heavy atom. The molecule has 0 heterocycles. The van der Waals surface area contributed by atoms with Crippen LogP contribution in [0.3, 0.4) is 0 Å². The maximum absolute atomic E-state index is 13.2. The number of nitrogens with one attached hydrogen (secondary N) is 2. The standard InChI is InChI=1S/C23H32N2O2S/c1-16(2)21(18-12-8-7-9-13-18)25-28(27)20-15-11-10-14-19(20)17(3)24-22(26)23(4,5)6/h7-17,21,25H,1-6H3,(H,24,26)/t17-,21+,28?/m1/s1. The van der Waals surface area contributed by atoms with E-state index in [1.165, 1.54) is 0 Å². The van der Waals surface area contributed by atoms with E-state index in [1.54, 1.807) is 0 Å². The minimum atomic E-state index is -1.40. The molecule has 0 aliphatic rings.